The summed E-state index contributed by atoms with van der Waals surface area (Å²) in [6.45, 7) is 2.23. The fourth-order valence-electron chi connectivity index (χ4n) is 2.02. The number of carbonyl (C=O) groups excluding carboxylic acids is 1. The van der Waals surface area contributed by atoms with Gasteiger partial charge in [-0.25, -0.2) is 5.01 Å². The number of esters is 1. The molecule has 0 saturated heterocycles. The molecule has 120 valence electrons. The SMILES string of the molecule is CCOC(=O)CCc1ccc(N=NN(C)c2ccccc2)cc1. The Balaban J connectivity index is 1.89. The van der Waals surface area contributed by atoms with Crippen molar-refractivity contribution in [2.45, 2.75) is 19.8 Å². The van der Waals surface area contributed by atoms with E-state index in [2.05, 4.69) is 10.3 Å². The number of aryl methyl sites for hydroxylation is 1. The molecule has 2 rings (SSSR count). The molecular formula is C18H21N3O2. The molecule has 0 spiro atoms. The predicted molar refractivity (Wildman–Crippen MR) is 90.8 cm³/mol. The maximum atomic E-state index is 11.3. The lowest BCUT2D eigenvalue weighted by atomic mass is 10.1. The largest absolute Gasteiger partial charge is 0.466 e. The number of benzene rings is 2. The third-order valence-corrected chi connectivity index (χ3v) is 3.28. The van der Waals surface area contributed by atoms with Crippen molar-refractivity contribution < 1.29 is 9.53 Å². The van der Waals surface area contributed by atoms with Crippen LogP contribution in [0.2, 0.25) is 0 Å². The maximum Gasteiger partial charge on any atom is 0.306 e. The van der Waals surface area contributed by atoms with Crippen molar-refractivity contribution in [3.63, 3.8) is 0 Å². The molecule has 23 heavy (non-hydrogen) atoms. The van der Waals surface area contributed by atoms with E-state index in [1.54, 1.807) is 5.01 Å². The molecule has 0 unspecified atom stereocenters. The number of rotatable bonds is 7. The molecule has 0 aliphatic rings. The molecular weight excluding hydrogens is 290 g/mol. The minimum Gasteiger partial charge on any atom is -0.466 e. The normalized spacial score (nSPS) is 10.7. The van der Waals surface area contributed by atoms with Crippen LogP contribution in [0.1, 0.15) is 18.9 Å². The summed E-state index contributed by atoms with van der Waals surface area (Å²) >= 11 is 0. The van der Waals surface area contributed by atoms with Crippen LogP contribution in [0.15, 0.2) is 64.9 Å². The Bertz CT molecular complexity index is 639. The third-order valence-electron chi connectivity index (χ3n) is 3.28. The van der Waals surface area contributed by atoms with Crippen molar-refractivity contribution in [1.29, 1.82) is 0 Å². The van der Waals surface area contributed by atoms with E-state index in [0.29, 0.717) is 19.4 Å². The highest BCUT2D eigenvalue weighted by atomic mass is 16.5. The van der Waals surface area contributed by atoms with E-state index in [4.69, 9.17) is 4.74 Å². The fraction of sp³-hybridized carbons (Fsp3) is 0.278. The molecule has 0 N–H and O–H groups in total. The van der Waals surface area contributed by atoms with E-state index < -0.39 is 0 Å². The zero-order valence-corrected chi connectivity index (χ0v) is 13.5. The molecule has 0 bridgehead atoms. The van der Waals surface area contributed by atoms with Crippen LogP contribution in [-0.4, -0.2) is 19.6 Å². The van der Waals surface area contributed by atoms with Crippen molar-refractivity contribution in [3.8, 4) is 0 Å². The summed E-state index contributed by atoms with van der Waals surface area (Å²) in [6.07, 6.45) is 1.06. The summed E-state index contributed by atoms with van der Waals surface area (Å²) in [5.41, 5.74) is 2.82. The van der Waals surface area contributed by atoms with Gasteiger partial charge in [0.2, 0.25) is 0 Å². The molecule has 0 amide bonds. The first-order valence-electron chi connectivity index (χ1n) is 7.64. The molecule has 0 saturated carbocycles. The summed E-state index contributed by atoms with van der Waals surface area (Å²) in [7, 11) is 1.85. The minimum atomic E-state index is -0.166. The molecule has 2 aromatic rings. The summed E-state index contributed by atoms with van der Waals surface area (Å²) in [5, 5.41) is 10.1. The van der Waals surface area contributed by atoms with Gasteiger partial charge in [0.1, 0.15) is 0 Å². The molecule has 0 aliphatic heterocycles. The number of nitrogens with zero attached hydrogens (tertiary/aromatic N) is 3. The second-order valence-corrected chi connectivity index (χ2v) is 5.02. The Morgan fingerprint density at radius 2 is 1.78 bits per heavy atom. The van der Waals surface area contributed by atoms with Crippen molar-refractivity contribution in [2.24, 2.45) is 10.3 Å². The van der Waals surface area contributed by atoms with E-state index in [1.807, 2.05) is 68.6 Å². The van der Waals surface area contributed by atoms with Gasteiger partial charge < -0.3 is 4.74 Å². The Morgan fingerprint density at radius 3 is 2.43 bits per heavy atom. The van der Waals surface area contributed by atoms with Crippen LogP contribution < -0.4 is 5.01 Å². The molecule has 0 heterocycles. The van der Waals surface area contributed by atoms with E-state index in [1.165, 1.54) is 0 Å². The maximum absolute atomic E-state index is 11.3. The highest BCUT2D eigenvalue weighted by Gasteiger charge is 2.02. The Hall–Kier alpha value is -2.69. The summed E-state index contributed by atoms with van der Waals surface area (Å²) in [5.74, 6) is -0.166. The highest BCUT2D eigenvalue weighted by molar-refractivity contribution is 5.69. The molecule has 0 radical (unpaired) electrons. The Kier molecular flexibility index (Phi) is 6.29. The van der Waals surface area contributed by atoms with Crippen LogP contribution >= 0.6 is 0 Å². The second kappa shape index (κ2) is 8.68. The van der Waals surface area contributed by atoms with Crippen LogP contribution in [0, 0.1) is 0 Å². The molecule has 0 aromatic heterocycles. The van der Waals surface area contributed by atoms with Gasteiger partial charge in [-0.05, 0) is 43.2 Å². The van der Waals surface area contributed by atoms with Crippen molar-refractivity contribution in [1.82, 2.24) is 0 Å². The average Bonchev–Trinajstić information content (AvgIpc) is 2.60. The quantitative estimate of drug-likeness (QED) is 0.435. The van der Waals surface area contributed by atoms with Gasteiger partial charge in [-0.3, -0.25) is 4.79 Å². The van der Waals surface area contributed by atoms with Gasteiger partial charge in [0.05, 0.1) is 18.0 Å². The number of ether oxygens (including phenoxy) is 1. The monoisotopic (exact) mass is 311 g/mol. The van der Waals surface area contributed by atoms with Crippen LogP contribution in [0.4, 0.5) is 11.4 Å². The van der Waals surface area contributed by atoms with Gasteiger partial charge in [-0.15, -0.1) is 5.11 Å². The molecule has 5 heteroatoms. The van der Waals surface area contributed by atoms with Crippen LogP contribution in [-0.2, 0) is 16.0 Å². The first kappa shape index (κ1) is 16.7. The van der Waals surface area contributed by atoms with Crippen molar-refractivity contribution in [2.75, 3.05) is 18.7 Å². The first-order chi connectivity index (χ1) is 11.2. The zero-order valence-electron chi connectivity index (χ0n) is 13.5. The lowest BCUT2D eigenvalue weighted by molar-refractivity contribution is -0.143. The topological polar surface area (TPSA) is 54.3 Å². The first-order valence-corrected chi connectivity index (χ1v) is 7.64. The standard InChI is InChI=1S/C18H21N3O2/c1-3-23-18(22)14-11-15-9-12-16(13-10-15)19-20-21(2)17-7-5-4-6-8-17/h4-10,12-13H,3,11,14H2,1-2H3. The Labute approximate surface area is 136 Å². The number of anilines is 1. The molecule has 0 aliphatic carbocycles. The molecule has 2 aromatic carbocycles. The molecule has 5 nitrogen and oxygen atoms in total. The van der Waals surface area contributed by atoms with Crippen LogP contribution in [0.5, 0.6) is 0 Å². The third kappa shape index (κ3) is 5.54. The van der Waals surface area contributed by atoms with Gasteiger partial charge >= 0.3 is 5.97 Å². The van der Waals surface area contributed by atoms with Gasteiger partial charge in [0.15, 0.2) is 0 Å². The average molecular weight is 311 g/mol. The number of para-hydroxylation sites is 1. The van der Waals surface area contributed by atoms with Gasteiger partial charge in [0, 0.05) is 13.5 Å². The summed E-state index contributed by atoms with van der Waals surface area (Å²) in [4.78, 5) is 11.3. The fourth-order valence-corrected chi connectivity index (χ4v) is 2.02. The highest BCUT2D eigenvalue weighted by Crippen LogP contribution is 2.17. The lowest BCUT2D eigenvalue weighted by Gasteiger charge is -2.10. The van der Waals surface area contributed by atoms with Crippen molar-refractivity contribution >= 4 is 17.3 Å². The summed E-state index contributed by atoms with van der Waals surface area (Å²) in [6, 6.07) is 17.5. The second-order valence-electron chi connectivity index (χ2n) is 5.02. The predicted octanol–water partition coefficient (Wildman–Crippen LogP) is 4.32. The smallest absolute Gasteiger partial charge is 0.306 e. The lowest BCUT2D eigenvalue weighted by Crippen LogP contribution is -2.06. The Morgan fingerprint density at radius 1 is 1.09 bits per heavy atom. The number of hydrogen-bond donors (Lipinski definition) is 0. The van der Waals surface area contributed by atoms with E-state index in [0.717, 1.165) is 16.9 Å². The van der Waals surface area contributed by atoms with Gasteiger partial charge in [-0.1, -0.05) is 35.6 Å². The molecule has 0 fully saturated rings. The summed E-state index contributed by atoms with van der Waals surface area (Å²) < 4.78 is 4.92. The molecule has 0 atom stereocenters. The minimum absolute atomic E-state index is 0.166. The van der Waals surface area contributed by atoms with Crippen LogP contribution in [0.25, 0.3) is 0 Å². The zero-order chi connectivity index (χ0) is 16.5. The van der Waals surface area contributed by atoms with Crippen LogP contribution in [0.3, 0.4) is 0 Å². The van der Waals surface area contributed by atoms with E-state index in [9.17, 15) is 4.79 Å². The van der Waals surface area contributed by atoms with Gasteiger partial charge in [0.25, 0.3) is 0 Å². The number of hydrogen-bond acceptors (Lipinski definition) is 4. The number of carbonyl (C=O) groups is 1. The van der Waals surface area contributed by atoms with E-state index in [-0.39, 0.29) is 5.97 Å². The van der Waals surface area contributed by atoms with Crippen molar-refractivity contribution in [3.05, 3.63) is 60.2 Å². The van der Waals surface area contributed by atoms with Gasteiger partial charge in [-0.2, -0.15) is 0 Å². The van der Waals surface area contributed by atoms with E-state index >= 15 is 0 Å².